The van der Waals surface area contributed by atoms with Gasteiger partial charge in [0, 0.05) is 60.2 Å². The largest absolute Gasteiger partial charge is 0.494 e. The van der Waals surface area contributed by atoms with Crippen molar-refractivity contribution in [2.75, 3.05) is 26.4 Å². The second-order valence-electron chi connectivity index (χ2n) is 19.4. The third-order valence-corrected chi connectivity index (χ3v) is 12.8. The van der Waals surface area contributed by atoms with Crippen LogP contribution in [-0.2, 0) is 25.7 Å². The Labute approximate surface area is 391 Å². The summed E-state index contributed by atoms with van der Waals surface area (Å²) in [6.07, 6.45) is 1.62. The number of nitrogens with one attached hydrogen (secondary N) is 3. The molecule has 1 unspecified atom stereocenters. The smallest absolute Gasteiger partial charge is 0.251 e. The number of amides is 4. The highest BCUT2D eigenvalue weighted by molar-refractivity contribution is 6.31. The number of likely N-dealkylation sites (tertiary alicyclic amines) is 1. The number of rotatable bonds is 18. The number of aromatic nitrogens is 1. The van der Waals surface area contributed by atoms with Crippen LogP contribution in [0, 0.1) is 34.5 Å². The SMILES string of the molecule is Cc1ncoc1-c1ccc(CNC(=O)[C@@H]2C[C@@H](O)CN2C(=O)C(NC(=O)COCCCCOc2ccc(C(=O)NC3C(C)(C)C(Oc4ccc(C#N)c(Cl)c4)C3(C)C)cc2)C(C)(C)C)cc1. The predicted molar refractivity (Wildman–Crippen MR) is 247 cm³/mol. The minimum absolute atomic E-state index is 0.0306. The molecule has 1 aromatic heterocycles. The van der Waals surface area contributed by atoms with Crippen LogP contribution in [0.4, 0.5) is 0 Å². The van der Waals surface area contributed by atoms with E-state index in [0.717, 1.165) is 16.8 Å². The number of nitrogens with zero attached hydrogens (tertiary/aromatic N) is 3. The van der Waals surface area contributed by atoms with E-state index in [4.69, 9.17) is 30.2 Å². The van der Waals surface area contributed by atoms with Crippen molar-refractivity contribution in [3.8, 4) is 28.9 Å². The van der Waals surface area contributed by atoms with Crippen LogP contribution in [0.25, 0.3) is 11.3 Å². The van der Waals surface area contributed by atoms with E-state index < -0.39 is 52.2 Å². The molecule has 2 fully saturated rings. The minimum atomic E-state index is -0.974. The summed E-state index contributed by atoms with van der Waals surface area (Å²) in [6, 6.07) is 19.5. The zero-order chi connectivity index (χ0) is 48.0. The second-order valence-corrected chi connectivity index (χ2v) is 19.8. The van der Waals surface area contributed by atoms with E-state index in [1.54, 1.807) is 42.5 Å². The third-order valence-electron chi connectivity index (χ3n) is 12.4. The van der Waals surface area contributed by atoms with Crippen LogP contribution in [0.3, 0.4) is 0 Å². The van der Waals surface area contributed by atoms with Gasteiger partial charge in [-0.1, -0.05) is 84.3 Å². The Kier molecular flexibility index (Phi) is 15.5. The molecule has 66 heavy (non-hydrogen) atoms. The Morgan fingerprint density at radius 1 is 0.985 bits per heavy atom. The number of hydrogen-bond acceptors (Lipinski definition) is 11. The summed E-state index contributed by atoms with van der Waals surface area (Å²) >= 11 is 6.23. The Bertz CT molecular complexity index is 2390. The van der Waals surface area contributed by atoms with Crippen LogP contribution < -0.4 is 25.4 Å². The average Bonchev–Trinajstić information content (AvgIpc) is 3.89. The molecule has 1 saturated heterocycles. The molecule has 16 heteroatoms. The van der Waals surface area contributed by atoms with E-state index in [2.05, 4.69) is 54.7 Å². The molecule has 4 N–H and O–H groups in total. The lowest BCUT2D eigenvalue weighted by Gasteiger charge is -2.63. The number of halogens is 1. The molecule has 6 rings (SSSR count). The fourth-order valence-electron chi connectivity index (χ4n) is 9.16. The lowest BCUT2D eigenvalue weighted by atomic mass is 9.49. The van der Waals surface area contributed by atoms with Gasteiger partial charge >= 0.3 is 0 Å². The number of aliphatic hydroxyl groups is 1. The van der Waals surface area contributed by atoms with Crippen molar-refractivity contribution >= 4 is 35.2 Å². The number of oxazole rings is 1. The fraction of sp³-hybridized carbons (Fsp3) is 0.480. The molecule has 1 aliphatic heterocycles. The molecule has 3 atom stereocenters. The van der Waals surface area contributed by atoms with Crippen molar-refractivity contribution in [3.05, 3.63) is 101 Å². The van der Waals surface area contributed by atoms with Gasteiger partial charge in [-0.25, -0.2) is 4.98 Å². The average molecular weight is 926 g/mol. The molecule has 0 spiro atoms. The van der Waals surface area contributed by atoms with Crippen LogP contribution in [0.2, 0.25) is 5.02 Å². The van der Waals surface area contributed by atoms with Gasteiger partial charge in [-0.15, -0.1) is 0 Å². The van der Waals surface area contributed by atoms with Crippen LogP contribution in [0.5, 0.6) is 11.5 Å². The molecule has 3 aromatic carbocycles. The first-order valence-corrected chi connectivity index (χ1v) is 22.6. The monoisotopic (exact) mass is 924 g/mol. The van der Waals surface area contributed by atoms with Gasteiger partial charge in [0.05, 0.1) is 29.0 Å². The topological polar surface area (TPSA) is 205 Å². The van der Waals surface area contributed by atoms with Crippen LogP contribution >= 0.6 is 11.6 Å². The van der Waals surface area contributed by atoms with Crippen LogP contribution in [0.15, 0.2) is 77.5 Å². The third kappa shape index (κ3) is 11.5. The number of nitriles is 1. The zero-order valence-corrected chi connectivity index (χ0v) is 39.7. The second kappa shape index (κ2) is 20.7. The predicted octanol–water partition coefficient (Wildman–Crippen LogP) is 6.77. The van der Waals surface area contributed by atoms with E-state index in [-0.39, 0.29) is 50.8 Å². The number of carbonyl (C=O) groups is 4. The summed E-state index contributed by atoms with van der Waals surface area (Å²) in [6.45, 7) is 16.1. The Morgan fingerprint density at radius 2 is 1.65 bits per heavy atom. The molecule has 2 heterocycles. The Hall–Kier alpha value is -5.95. The first-order chi connectivity index (χ1) is 31.2. The quantitative estimate of drug-likeness (QED) is 0.0767. The first-order valence-electron chi connectivity index (χ1n) is 22.2. The highest BCUT2D eigenvalue weighted by Gasteiger charge is 2.64. The van der Waals surface area contributed by atoms with E-state index in [1.807, 2.05) is 52.0 Å². The molecule has 2 aliphatic rings. The van der Waals surface area contributed by atoms with Crippen molar-refractivity contribution < 1.29 is 42.9 Å². The van der Waals surface area contributed by atoms with Gasteiger partial charge in [0.1, 0.15) is 42.4 Å². The molecule has 1 saturated carbocycles. The van der Waals surface area contributed by atoms with E-state index >= 15 is 0 Å². The van der Waals surface area contributed by atoms with Crippen LogP contribution in [0.1, 0.15) is 94.9 Å². The maximum absolute atomic E-state index is 14.0. The van der Waals surface area contributed by atoms with Crippen molar-refractivity contribution in [2.45, 2.75) is 112 Å². The molecule has 15 nitrogen and oxygen atoms in total. The van der Waals surface area contributed by atoms with Crippen molar-refractivity contribution in [1.29, 1.82) is 5.26 Å². The maximum Gasteiger partial charge on any atom is 0.251 e. The molecule has 4 amide bonds. The number of hydrogen-bond donors (Lipinski definition) is 4. The van der Waals surface area contributed by atoms with E-state index in [1.165, 1.54) is 11.3 Å². The fourth-order valence-corrected chi connectivity index (χ4v) is 9.37. The molecule has 352 valence electrons. The van der Waals surface area contributed by atoms with Gasteiger partial charge in [0.2, 0.25) is 17.7 Å². The van der Waals surface area contributed by atoms with Gasteiger partial charge in [-0.3, -0.25) is 19.2 Å². The van der Waals surface area contributed by atoms with Gasteiger partial charge in [-0.05, 0) is 67.1 Å². The van der Waals surface area contributed by atoms with Crippen LogP contribution in [-0.4, -0.2) is 95.3 Å². The lowest BCUT2D eigenvalue weighted by Crippen LogP contribution is -2.74. The van der Waals surface area contributed by atoms with Gasteiger partial charge in [0.25, 0.3) is 5.91 Å². The lowest BCUT2D eigenvalue weighted by molar-refractivity contribution is -0.164. The maximum atomic E-state index is 14.0. The van der Waals surface area contributed by atoms with E-state index in [9.17, 15) is 29.5 Å². The summed E-state index contributed by atoms with van der Waals surface area (Å²) in [7, 11) is 0. The van der Waals surface area contributed by atoms with E-state index in [0.29, 0.717) is 52.9 Å². The molecule has 0 bridgehead atoms. The number of β-amino-alcohol motifs (C(OH)–C–C–N with tert-alkyl or cyclic N) is 1. The summed E-state index contributed by atoms with van der Waals surface area (Å²) in [5.41, 5.74) is 1.85. The Morgan fingerprint density at radius 3 is 2.27 bits per heavy atom. The number of aryl methyl sites for hydroxylation is 1. The summed E-state index contributed by atoms with van der Waals surface area (Å²) in [4.78, 5) is 59.3. The standard InChI is InChI=1S/C50H61ClN6O9/c1-30-41(65-29-54-30)32-13-11-31(12-14-32)26-53-44(61)39-23-35(58)27-57(39)45(62)42(48(2,3)4)55-40(59)28-63-21-9-10-22-64-36-18-15-33(16-19-36)43(60)56-46-49(5,6)47(50(46,7)8)66-37-20-17-34(25-52)38(51)24-37/h11-20,24,29,35,39,42,46-47,58H,9-10,21-23,26-28H2,1-8H3,(H,53,61)(H,55,59)(H,56,60)/t35-,39+,42?,46?,47?/m1/s1. The first kappa shape index (κ1) is 49.5. The van der Waals surface area contributed by atoms with Crippen molar-refractivity contribution in [1.82, 2.24) is 25.8 Å². The molecular formula is C50H61ClN6O9. The molecule has 4 aromatic rings. The number of carbonyl (C=O) groups excluding carboxylic acids is 4. The number of unbranched alkanes of at least 4 members (excludes halogenated alkanes) is 1. The summed E-state index contributed by atoms with van der Waals surface area (Å²) < 4.78 is 23.3. The number of aliphatic hydroxyl groups excluding tert-OH is 1. The molecule has 0 radical (unpaired) electrons. The summed E-state index contributed by atoms with van der Waals surface area (Å²) in [5, 5.41) is 29.0. The highest BCUT2D eigenvalue weighted by atomic mass is 35.5. The van der Waals surface area contributed by atoms with Gasteiger partial charge in [0.15, 0.2) is 12.2 Å². The number of benzene rings is 3. The summed E-state index contributed by atoms with van der Waals surface area (Å²) in [5.74, 6) is 0.322. The zero-order valence-electron chi connectivity index (χ0n) is 38.9. The van der Waals surface area contributed by atoms with Crippen molar-refractivity contribution in [2.24, 2.45) is 16.2 Å². The minimum Gasteiger partial charge on any atom is -0.494 e. The number of ether oxygens (including phenoxy) is 3. The highest BCUT2D eigenvalue weighted by Crippen LogP contribution is 2.55. The van der Waals surface area contributed by atoms with Crippen molar-refractivity contribution in [3.63, 3.8) is 0 Å². The molecule has 1 aliphatic carbocycles. The Balaban J connectivity index is 0.896. The van der Waals surface area contributed by atoms with Gasteiger partial charge in [-0.2, -0.15) is 5.26 Å². The molecular weight excluding hydrogens is 864 g/mol. The van der Waals surface area contributed by atoms with Gasteiger partial charge < -0.3 is 44.6 Å². The normalized spacial score (nSPS) is 20.0.